The molecule has 2 aromatic carbocycles. The van der Waals surface area contributed by atoms with Crippen molar-refractivity contribution in [1.29, 1.82) is 5.26 Å². The van der Waals surface area contributed by atoms with Crippen LogP contribution < -0.4 is 0 Å². The SMILES string of the molecule is COCCN(/C=C(/C#N)C(=O)N1CCN(C(c2ccccc2)c2ccccc2)CC1)C1CCS(=O)(=O)C1. The van der Waals surface area contributed by atoms with Gasteiger partial charge >= 0.3 is 0 Å². The minimum absolute atomic E-state index is 0.0246. The third-order valence-corrected chi connectivity index (χ3v) is 8.82. The molecular formula is C28H34N4O4S. The summed E-state index contributed by atoms with van der Waals surface area (Å²) in [6.45, 7) is 3.14. The van der Waals surface area contributed by atoms with Crippen molar-refractivity contribution in [3.8, 4) is 6.07 Å². The van der Waals surface area contributed by atoms with Gasteiger partial charge in [-0.05, 0) is 17.5 Å². The first kappa shape index (κ1) is 26.9. The lowest BCUT2D eigenvalue weighted by Gasteiger charge is -2.39. The van der Waals surface area contributed by atoms with Crippen molar-refractivity contribution in [2.24, 2.45) is 0 Å². The molecule has 2 aromatic rings. The molecule has 4 rings (SSSR count). The molecule has 1 amide bonds. The third-order valence-electron chi connectivity index (χ3n) is 7.07. The van der Waals surface area contributed by atoms with Crippen LogP contribution in [-0.2, 0) is 19.4 Å². The summed E-state index contributed by atoms with van der Waals surface area (Å²) in [5.41, 5.74) is 2.43. The molecule has 2 saturated heterocycles. The van der Waals surface area contributed by atoms with Crippen molar-refractivity contribution in [3.05, 3.63) is 83.6 Å². The molecule has 1 atom stereocenters. The summed E-state index contributed by atoms with van der Waals surface area (Å²) >= 11 is 0. The summed E-state index contributed by atoms with van der Waals surface area (Å²) in [5.74, 6) is -0.169. The van der Waals surface area contributed by atoms with Gasteiger partial charge in [0.25, 0.3) is 5.91 Å². The Labute approximate surface area is 219 Å². The Hall–Kier alpha value is -3.19. The lowest BCUT2D eigenvalue weighted by Crippen LogP contribution is -2.50. The number of methoxy groups -OCH3 is 1. The van der Waals surface area contributed by atoms with Gasteiger partial charge < -0.3 is 14.5 Å². The van der Waals surface area contributed by atoms with E-state index in [1.165, 1.54) is 17.3 Å². The zero-order valence-electron chi connectivity index (χ0n) is 21.2. The number of sulfone groups is 1. The number of hydrogen-bond acceptors (Lipinski definition) is 7. The molecule has 0 spiro atoms. The normalized spacial score (nSPS) is 20.1. The average molecular weight is 523 g/mol. The molecule has 0 aliphatic carbocycles. The van der Waals surface area contributed by atoms with E-state index in [-0.39, 0.29) is 35.1 Å². The molecule has 196 valence electrons. The minimum Gasteiger partial charge on any atom is -0.383 e. The second-order valence-electron chi connectivity index (χ2n) is 9.49. The van der Waals surface area contributed by atoms with Crippen LogP contribution >= 0.6 is 0 Å². The quantitative estimate of drug-likeness (QED) is 0.369. The predicted molar refractivity (Wildman–Crippen MR) is 142 cm³/mol. The molecule has 2 fully saturated rings. The van der Waals surface area contributed by atoms with Gasteiger partial charge in [-0.1, -0.05) is 60.7 Å². The number of amides is 1. The van der Waals surface area contributed by atoms with Gasteiger partial charge in [0.15, 0.2) is 9.84 Å². The maximum Gasteiger partial charge on any atom is 0.266 e. The van der Waals surface area contributed by atoms with Gasteiger partial charge in [-0.2, -0.15) is 5.26 Å². The molecule has 37 heavy (non-hydrogen) atoms. The van der Waals surface area contributed by atoms with E-state index in [0.717, 1.165) is 0 Å². The van der Waals surface area contributed by atoms with Gasteiger partial charge in [-0.15, -0.1) is 0 Å². The Morgan fingerprint density at radius 2 is 1.68 bits per heavy atom. The van der Waals surface area contributed by atoms with E-state index in [1.807, 2.05) is 36.4 Å². The summed E-state index contributed by atoms with van der Waals surface area (Å²) in [4.78, 5) is 19.2. The molecule has 8 nitrogen and oxygen atoms in total. The lowest BCUT2D eigenvalue weighted by molar-refractivity contribution is -0.128. The molecule has 0 radical (unpaired) electrons. The van der Waals surface area contributed by atoms with E-state index >= 15 is 0 Å². The number of piperazine rings is 1. The predicted octanol–water partition coefficient (Wildman–Crippen LogP) is 2.46. The highest BCUT2D eigenvalue weighted by molar-refractivity contribution is 7.91. The number of hydrogen-bond donors (Lipinski definition) is 0. The topological polar surface area (TPSA) is 93.9 Å². The zero-order chi connectivity index (χ0) is 26.3. The van der Waals surface area contributed by atoms with E-state index in [0.29, 0.717) is 45.8 Å². The summed E-state index contributed by atoms with van der Waals surface area (Å²) in [6, 6.07) is 22.6. The highest BCUT2D eigenvalue weighted by Crippen LogP contribution is 2.29. The lowest BCUT2D eigenvalue weighted by atomic mass is 9.96. The zero-order valence-corrected chi connectivity index (χ0v) is 22.0. The Bertz CT molecular complexity index is 1180. The van der Waals surface area contributed by atoms with Crippen LogP contribution in [0.2, 0.25) is 0 Å². The largest absolute Gasteiger partial charge is 0.383 e. The molecule has 0 aromatic heterocycles. The van der Waals surface area contributed by atoms with Crippen LogP contribution in [0.4, 0.5) is 0 Å². The molecule has 9 heteroatoms. The number of carbonyl (C=O) groups is 1. The molecule has 2 aliphatic heterocycles. The van der Waals surface area contributed by atoms with Crippen molar-refractivity contribution < 1.29 is 17.9 Å². The van der Waals surface area contributed by atoms with Crippen LogP contribution in [0.3, 0.4) is 0 Å². The van der Waals surface area contributed by atoms with Crippen LogP contribution in [0.15, 0.2) is 72.4 Å². The fraction of sp³-hybridized carbons (Fsp3) is 0.429. The fourth-order valence-electron chi connectivity index (χ4n) is 5.12. The average Bonchev–Trinajstić information content (AvgIpc) is 3.29. The first-order valence-electron chi connectivity index (χ1n) is 12.6. The molecular weight excluding hydrogens is 488 g/mol. The fourth-order valence-corrected chi connectivity index (χ4v) is 6.86. The summed E-state index contributed by atoms with van der Waals surface area (Å²) in [5, 5.41) is 9.83. The third kappa shape index (κ3) is 6.77. The highest BCUT2D eigenvalue weighted by atomic mass is 32.2. The van der Waals surface area contributed by atoms with Gasteiger partial charge in [0.2, 0.25) is 0 Å². The van der Waals surface area contributed by atoms with E-state index in [9.17, 15) is 18.5 Å². The Morgan fingerprint density at radius 1 is 1.08 bits per heavy atom. The Kier molecular flexibility index (Phi) is 8.98. The summed E-state index contributed by atoms with van der Waals surface area (Å²) in [6.07, 6.45) is 2.02. The van der Waals surface area contributed by atoms with Crippen molar-refractivity contribution in [2.45, 2.75) is 18.5 Å². The number of ether oxygens (including phenoxy) is 1. The van der Waals surface area contributed by atoms with Crippen LogP contribution in [0.5, 0.6) is 0 Å². The van der Waals surface area contributed by atoms with Crippen molar-refractivity contribution >= 4 is 15.7 Å². The van der Waals surface area contributed by atoms with Gasteiger partial charge in [-0.3, -0.25) is 9.69 Å². The standard InChI is InChI=1S/C28H34N4O4S/c1-36-18-17-32(26-12-19-37(34,35)22-26)21-25(20-29)28(33)31-15-13-30(14-16-31)27(23-8-4-2-5-9-23)24-10-6-3-7-11-24/h2-11,21,26-27H,12-19,22H2,1H3/b25-21-. The molecule has 0 bridgehead atoms. The van der Waals surface area contributed by atoms with E-state index < -0.39 is 9.84 Å². The van der Waals surface area contributed by atoms with E-state index in [1.54, 1.807) is 16.9 Å². The van der Waals surface area contributed by atoms with Gasteiger partial charge in [0.05, 0.1) is 24.2 Å². The van der Waals surface area contributed by atoms with Gasteiger partial charge in [0, 0.05) is 52.1 Å². The maximum absolute atomic E-state index is 13.3. The molecule has 2 aliphatic rings. The number of carbonyl (C=O) groups excluding carboxylic acids is 1. The first-order chi connectivity index (χ1) is 17.9. The van der Waals surface area contributed by atoms with Crippen LogP contribution in [0, 0.1) is 11.3 Å². The van der Waals surface area contributed by atoms with E-state index in [2.05, 4.69) is 35.2 Å². The molecule has 0 N–H and O–H groups in total. The summed E-state index contributed by atoms with van der Waals surface area (Å²) < 4.78 is 29.2. The molecule has 2 heterocycles. The van der Waals surface area contributed by atoms with Crippen LogP contribution in [0.1, 0.15) is 23.6 Å². The highest BCUT2D eigenvalue weighted by Gasteiger charge is 2.33. The molecule has 0 saturated carbocycles. The molecule has 1 unspecified atom stereocenters. The minimum atomic E-state index is -3.10. The van der Waals surface area contributed by atoms with Crippen molar-refractivity contribution in [3.63, 3.8) is 0 Å². The van der Waals surface area contributed by atoms with Gasteiger partial charge in [0.1, 0.15) is 11.6 Å². The van der Waals surface area contributed by atoms with Crippen molar-refractivity contribution in [1.82, 2.24) is 14.7 Å². The number of nitriles is 1. The monoisotopic (exact) mass is 522 g/mol. The van der Waals surface area contributed by atoms with Crippen molar-refractivity contribution in [2.75, 3.05) is 57.9 Å². The number of benzene rings is 2. The van der Waals surface area contributed by atoms with Crippen LogP contribution in [-0.4, -0.2) is 93.0 Å². The van der Waals surface area contributed by atoms with E-state index in [4.69, 9.17) is 4.74 Å². The smallest absolute Gasteiger partial charge is 0.266 e. The number of nitrogens with zero attached hydrogens (tertiary/aromatic N) is 4. The second kappa shape index (κ2) is 12.4. The number of rotatable bonds is 9. The Morgan fingerprint density at radius 3 is 2.16 bits per heavy atom. The summed E-state index contributed by atoms with van der Waals surface area (Å²) in [7, 11) is -1.53. The Balaban J connectivity index is 1.47. The first-order valence-corrected chi connectivity index (χ1v) is 14.4. The second-order valence-corrected chi connectivity index (χ2v) is 11.7. The van der Waals surface area contributed by atoms with Gasteiger partial charge in [-0.25, -0.2) is 8.42 Å². The maximum atomic E-state index is 13.3. The van der Waals surface area contributed by atoms with Crippen LogP contribution in [0.25, 0.3) is 0 Å².